The molecule has 1 saturated carbocycles. The molecule has 0 radical (unpaired) electrons. The molecule has 1 heterocycles. The summed E-state index contributed by atoms with van der Waals surface area (Å²) < 4.78 is 5.84. The van der Waals surface area contributed by atoms with Gasteiger partial charge in [-0.2, -0.15) is 0 Å². The molecule has 3 heteroatoms. The van der Waals surface area contributed by atoms with E-state index in [0.717, 1.165) is 37.9 Å². The lowest BCUT2D eigenvalue weighted by Gasteiger charge is -2.30. The van der Waals surface area contributed by atoms with Crippen molar-refractivity contribution >= 4 is 5.91 Å². The molecule has 1 unspecified atom stereocenters. The normalized spacial score (nSPS) is 20.7. The molecule has 1 aliphatic heterocycles. The van der Waals surface area contributed by atoms with Crippen LogP contribution in [0.25, 0.3) is 0 Å². The number of aryl methyl sites for hydroxylation is 1. The highest BCUT2D eigenvalue weighted by Crippen LogP contribution is 2.49. The van der Waals surface area contributed by atoms with E-state index in [1.165, 1.54) is 11.1 Å². The monoisotopic (exact) mass is 349 g/mol. The van der Waals surface area contributed by atoms with Crippen LogP contribution >= 0.6 is 0 Å². The summed E-state index contributed by atoms with van der Waals surface area (Å²) in [5.74, 6) is 0.265. The van der Waals surface area contributed by atoms with E-state index in [4.69, 9.17) is 4.74 Å². The number of carbonyl (C=O) groups excluding carboxylic acids is 1. The summed E-state index contributed by atoms with van der Waals surface area (Å²) in [6, 6.07) is 18.8. The van der Waals surface area contributed by atoms with Crippen molar-refractivity contribution in [2.24, 2.45) is 0 Å². The zero-order valence-electron chi connectivity index (χ0n) is 15.5. The summed E-state index contributed by atoms with van der Waals surface area (Å²) in [5.41, 5.74) is 3.27. The van der Waals surface area contributed by atoms with Crippen molar-refractivity contribution in [3.8, 4) is 0 Å². The number of nitrogens with zero attached hydrogens (tertiary/aromatic N) is 1. The van der Waals surface area contributed by atoms with E-state index in [2.05, 4.69) is 43.3 Å². The first-order chi connectivity index (χ1) is 12.7. The fourth-order valence-electron chi connectivity index (χ4n) is 4.10. The van der Waals surface area contributed by atoms with Gasteiger partial charge in [0, 0.05) is 19.7 Å². The summed E-state index contributed by atoms with van der Waals surface area (Å²) in [4.78, 5) is 15.6. The second-order valence-electron chi connectivity index (χ2n) is 7.76. The Kier molecular flexibility index (Phi) is 4.82. The second-order valence-corrected chi connectivity index (χ2v) is 7.76. The smallest absolute Gasteiger partial charge is 0.233 e. The van der Waals surface area contributed by atoms with E-state index in [-0.39, 0.29) is 17.4 Å². The lowest BCUT2D eigenvalue weighted by molar-refractivity contribution is -0.136. The molecule has 2 aliphatic rings. The summed E-state index contributed by atoms with van der Waals surface area (Å²) in [7, 11) is 0. The molecular formula is C23H27NO2. The maximum absolute atomic E-state index is 13.6. The van der Waals surface area contributed by atoms with Crippen LogP contribution < -0.4 is 0 Å². The topological polar surface area (TPSA) is 29.5 Å². The van der Waals surface area contributed by atoms with Gasteiger partial charge in [-0.15, -0.1) is 0 Å². The van der Waals surface area contributed by atoms with Crippen LogP contribution in [0.1, 0.15) is 42.4 Å². The Morgan fingerprint density at radius 1 is 1.15 bits per heavy atom. The number of carbonyl (C=O) groups is 1. The fraction of sp³-hybridized carbons (Fsp3) is 0.435. The van der Waals surface area contributed by atoms with Crippen LogP contribution in [0, 0.1) is 6.92 Å². The Hall–Kier alpha value is -2.13. The number of amides is 1. The summed E-state index contributed by atoms with van der Waals surface area (Å²) in [6.07, 6.45) is 4.23. The first-order valence-electron chi connectivity index (χ1n) is 9.69. The number of hydrogen-bond acceptors (Lipinski definition) is 2. The zero-order chi connectivity index (χ0) is 18.0. The lowest BCUT2D eigenvalue weighted by atomic mass is 9.94. The lowest BCUT2D eigenvalue weighted by Crippen LogP contribution is -2.42. The van der Waals surface area contributed by atoms with Crippen molar-refractivity contribution in [3.05, 3.63) is 71.3 Å². The SMILES string of the molecule is Cc1cccc(CN(CC2CCCO2)C(=O)C2(c3ccccc3)CC2)c1. The Morgan fingerprint density at radius 3 is 2.62 bits per heavy atom. The summed E-state index contributed by atoms with van der Waals surface area (Å²) >= 11 is 0. The molecule has 1 atom stereocenters. The van der Waals surface area contributed by atoms with Gasteiger partial charge in [-0.05, 0) is 43.7 Å². The van der Waals surface area contributed by atoms with E-state index in [9.17, 15) is 4.79 Å². The minimum atomic E-state index is -0.316. The van der Waals surface area contributed by atoms with Crippen LogP contribution in [0.5, 0.6) is 0 Å². The molecule has 2 fully saturated rings. The molecule has 1 aliphatic carbocycles. The minimum absolute atomic E-state index is 0.176. The van der Waals surface area contributed by atoms with E-state index >= 15 is 0 Å². The maximum Gasteiger partial charge on any atom is 0.233 e. The molecule has 0 N–H and O–H groups in total. The molecule has 2 aromatic carbocycles. The van der Waals surface area contributed by atoms with Gasteiger partial charge >= 0.3 is 0 Å². The first-order valence-corrected chi connectivity index (χ1v) is 9.69. The molecule has 1 amide bonds. The molecule has 136 valence electrons. The van der Waals surface area contributed by atoms with Crippen molar-refractivity contribution in [3.63, 3.8) is 0 Å². The van der Waals surface area contributed by atoms with E-state index in [1.807, 2.05) is 23.1 Å². The molecule has 4 rings (SSSR count). The van der Waals surface area contributed by atoms with Gasteiger partial charge in [0.15, 0.2) is 0 Å². The Bertz CT molecular complexity index is 761. The number of hydrogen-bond donors (Lipinski definition) is 0. The average Bonchev–Trinajstić information content (AvgIpc) is 3.31. The third kappa shape index (κ3) is 3.54. The molecule has 26 heavy (non-hydrogen) atoms. The zero-order valence-corrected chi connectivity index (χ0v) is 15.5. The largest absolute Gasteiger partial charge is 0.376 e. The molecule has 0 spiro atoms. The Balaban J connectivity index is 1.58. The standard InChI is InChI=1S/C23H27NO2/c1-18-7-5-8-19(15-18)16-24(17-21-11-6-14-26-21)22(25)23(12-13-23)20-9-3-2-4-10-20/h2-5,7-10,15,21H,6,11-14,16-17H2,1H3. The highest BCUT2D eigenvalue weighted by molar-refractivity contribution is 5.91. The highest BCUT2D eigenvalue weighted by Gasteiger charge is 2.53. The second kappa shape index (κ2) is 7.24. The van der Waals surface area contributed by atoms with Gasteiger partial charge in [-0.3, -0.25) is 4.79 Å². The fourth-order valence-corrected chi connectivity index (χ4v) is 4.10. The predicted octanol–water partition coefficient (Wildman–Crippen LogP) is 4.23. The maximum atomic E-state index is 13.6. The predicted molar refractivity (Wildman–Crippen MR) is 103 cm³/mol. The van der Waals surface area contributed by atoms with Crippen molar-refractivity contribution in [2.45, 2.75) is 50.7 Å². The van der Waals surface area contributed by atoms with E-state index < -0.39 is 0 Å². The number of benzene rings is 2. The van der Waals surface area contributed by atoms with Crippen LogP contribution in [0.2, 0.25) is 0 Å². The van der Waals surface area contributed by atoms with Crippen molar-refractivity contribution in [1.82, 2.24) is 4.90 Å². The number of rotatable bonds is 6. The number of ether oxygens (including phenoxy) is 1. The molecule has 3 nitrogen and oxygen atoms in total. The van der Waals surface area contributed by atoms with Gasteiger partial charge in [-0.1, -0.05) is 60.2 Å². The van der Waals surface area contributed by atoms with Crippen LogP contribution in [-0.4, -0.2) is 30.1 Å². The van der Waals surface area contributed by atoms with Gasteiger partial charge in [0.25, 0.3) is 0 Å². The van der Waals surface area contributed by atoms with Crippen molar-refractivity contribution < 1.29 is 9.53 Å². The Morgan fingerprint density at radius 2 is 1.96 bits per heavy atom. The van der Waals surface area contributed by atoms with Crippen LogP contribution in [0.4, 0.5) is 0 Å². The minimum Gasteiger partial charge on any atom is -0.376 e. The van der Waals surface area contributed by atoms with E-state index in [0.29, 0.717) is 13.1 Å². The third-order valence-corrected chi connectivity index (χ3v) is 5.68. The average molecular weight is 349 g/mol. The van der Waals surface area contributed by atoms with Crippen LogP contribution in [-0.2, 0) is 21.5 Å². The van der Waals surface area contributed by atoms with Gasteiger partial charge in [0.05, 0.1) is 11.5 Å². The molecule has 0 aromatic heterocycles. The van der Waals surface area contributed by atoms with Gasteiger partial charge in [-0.25, -0.2) is 0 Å². The first kappa shape index (κ1) is 17.3. The van der Waals surface area contributed by atoms with Crippen molar-refractivity contribution in [2.75, 3.05) is 13.2 Å². The van der Waals surface area contributed by atoms with E-state index in [1.54, 1.807) is 0 Å². The van der Waals surface area contributed by atoms with Crippen LogP contribution in [0.15, 0.2) is 54.6 Å². The van der Waals surface area contributed by atoms with Gasteiger partial charge in [0.2, 0.25) is 5.91 Å². The Labute approximate surface area is 156 Å². The highest BCUT2D eigenvalue weighted by atomic mass is 16.5. The van der Waals surface area contributed by atoms with Gasteiger partial charge in [0.1, 0.15) is 0 Å². The summed E-state index contributed by atoms with van der Waals surface area (Å²) in [6.45, 7) is 4.28. The molecule has 1 saturated heterocycles. The molecule has 2 aromatic rings. The summed E-state index contributed by atoms with van der Waals surface area (Å²) in [5, 5.41) is 0. The molecular weight excluding hydrogens is 322 g/mol. The third-order valence-electron chi connectivity index (χ3n) is 5.68. The quantitative estimate of drug-likeness (QED) is 0.781. The van der Waals surface area contributed by atoms with Crippen molar-refractivity contribution in [1.29, 1.82) is 0 Å². The van der Waals surface area contributed by atoms with Crippen LogP contribution in [0.3, 0.4) is 0 Å². The van der Waals surface area contributed by atoms with Gasteiger partial charge < -0.3 is 9.64 Å². The molecule has 0 bridgehead atoms.